The van der Waals surface area contributed by atoms with E-state index in [0.29, 0.717) is 30.4 Å². The lowest BCUT2D eigenvalue weighted by Gasteiger charge is -2.59. The molecule has 2 unspecified atom stereocenters. The van der Waals surface area contributed by atoms with Crippen molar-refractivity contribution in [3.05, 3.63) is 12.2 Å². The summed E-state index contributed by atoms with van der Waals surface area (Å²) < 4.78 is 11.3. The second-order valence-corrected chi connectivity index (χ2v) is 7.73. The lowest BCUT2D eigenvalue weighted by Crippen LogP contribution is -2.60. The molecule has 0 heterocycles. The average molecular weight is 306 g/mol. The molecule has 0 aromatic heterocycles. The van der Waals surface area contributed by atoms with Crippen molar-refractivity contribution in [2.45, 2.75) is 64.4 Å². The molecule has 22 heavy (non-hydrogen) atoms. The Hall–Kier alpha value is -1.32. The smallest absolute Gasteiger partial charge is 0.333 e. The number of hydrogen-bond acceptors (Lipinski definition) is 4. The Morgan fingerprint density at radius 3 is 2.36 bits per heavy atom. The van der Waals surface area contributed by atoms with Crippen molar-refractivity contribution in [1.82, 2.24) is 0 Å². The molecule has 4 bridgehead atoms. The van der Waals surface area contributed by atoms with Gasteiger partial charge in [-0.1, -0.05) is 13.5 Å². The molecule has 0 aromatic rings. The second kappa shape index (κ2) is 5.39. The highest BCUT2D eigenvalue weighted by atomic mass is 16.6. The zero-order valence-electron chi connectivity index (χ0n) is 13.7. The monoisotopic (exact) mass is 306 g/mol. The minimum atomic E-state index is -0.467. The zero-order valence-corrected chi connectivity index (χ0v) is 13.7. The first-order chi connectivity index (χ1) is 10.4. The van der Waals surface area contributed by atoms with Crippen molar-refractivity contribution < 1.29 is 19.1 Å². The van der Waals surface area contributed by atoms with Gasteiger partial charge in [0.1, 0.15) is 5.60 Å². The van der Waals surface area contributed by atoms with E-state index in [0.717, 1.165) is 38.5 Å². The van der Waals surface area contributed by atoms with E-state index in [1.54, 1.807) is 6.92 Å². The van der Waals surface area contributed by atoms with Crippen LogP contribution in [0, 0.1) is 17.3 Å². The molecule has 0 saturated heterocycles. The van der Waals surface area contributed by atoms with Crippen molar-refractivity contribution >= 4 is 11.9 Å². The normalized spacial score (nSPS) is 38.6. The van der Waals surface area contributed by atoms with Crippen LogP contribution in [0.25, 0.3) is 0 Å². The highest BCUT2D eigenvalue weighted by molar-refractivity contribution is 5.87. The highest BCUT2D eigenvalue weighted by Gasteiger charge is 2.63. The summed E-state index contributed by atoms with van der Waals surface area (Å²) in [6, 6.07) is 0. The standard InChI is InChI=1S/C18H26O4/c1-4-5-21-16(20)17-7-13-6-14(8-17)10-18(9-13,11-17)22-15(19)12(2)3/h13-14H,2,4-11H2,1,3H3. The van der Waals surface area contributed by atoms with Crippen LogP contribution in [0.15, 0.2) is 12.2 Å². The highest BCUT2D eigenvalue weighted by Crippen LogP contribution is 2.63. The minimum Gasteiger partial charge on any atom is -0.465 e. The fourth-order valence-electron chi connectivity index (χ4n) is 5.17. The molecule has 0 N–H and O–H groups in total. The Bertz CT molecular complexity index is 493. The molecular formula is C18H26O4. The molecule has 0 spiro atoms. The van der Waals surface area contributed by atoms with Crippen LogP contribution in [0.1, 0.15) is 58.8 Å². The maximum Gasteiger partial charge on any atom is 0.333 e. The Kier molecular flexibility index (Phi) is 3.82. The summed E-state index contributed by atoms with van der Waals surface area (Å²) in [5.74, 6) is 0.569. The molecule has 4 rings (SSSR count). The summed E-state index contributed by atoms with van der Waals surface area (Å²) in [5.41, 5.74) is -0.460. The first-order valence-electron chi connectivity index (χ1n) is 8.44. The van der Waals surface area contributed by atoms with Gasteiger partial charge in [0, 0.05) is 12.0 Å². The third kappa shape index (κ3) is 2.57. The molecule has 4 aliphatic rings. The largest absolute Gasteiger partial charge is 0.465 e. The van der Waals surface area contributed by atoms with Gasteiger partial charge in [-0.15, -0.1) is 0 Å². The average Bonchev–Trinajstić information content (AvgIpc) is 2.42. The van der Waals surface area contributed by atoms with Crippen molar-refractivity contribution in [3.8, 4) is 0 Å². The van der Waals surface area contributed by atoms with Crippen LogP contribution in [0.2, 0.25) is 0 Å². The molecule has 4 heteroatoms. The second-order valence-electron chi connectivity index (χ2n) is 7.73. The van der Waals surface area contributed by atoms with Gasteiger partial charge in [-0.2, -0.15) is 0 Å². The van der Waals surface area contributed by atoms with Gasteiger partial charge in [-0.3, -0.25) is 4.79 Å². The van der Waals surface area contributed by atoms with Crippen LogP contribution < -0.4 is 0 Å². The molecular weight excluding hydrogens is 280 g/mol. The van der Waals surface area contributed by atoms with Gasteiger partial charge in [-0.05, 0) is 57.3 Å². The maximum atomic E-state index is 12.6. The van der Waals surface area contributed by atoms with Gasteiger partial charge >= 0.3 is 11.9 Å². The van der Waals surface area contributed by atoms with Crippen LogP contribution in [0.5, 0.6) is 0 Å². The summed E-state index contributed by atoms with van der Waals surface area (Å²) >= 11 is 0. The van der Waals surface area contributed by atoms with Gasteiger partial charge in [0.25, 0.3) is 0 Å². The molecule has 0 aromatic carbocycles. The van der Waals surface area contributed by atoms with Crippen LogP contribution in [-0.2, 0) is 19.1 Å². The van der Waals surface area contributed by atoms with E-state index in [9.17, 15) is 9.59 Å². The molecule has 2 atom stereocenters. The molecule has 0 radical (unpaired) electrons. The zero-order chi connectivity index (χ0) is 16.0. The maximum absolute atomic E-state index is 12.6. The predicted octanol–water partition coefficient (Wildman–Crippen LogP) is 3.40. The molecule has 4 fully saturated rings. The Morgan fingerprint density at radius 1 is 1.18 bits per heavy atom. The van der Waals surface area contributed by atoms with Gasteiger partial charge in [-0.25, -0.2) is 4.79 Å². The van der Waals surface area contributed by atoms with E-state index >= 15 is 0 Å². The topological polar surface area (TPSA) is 52.6 Å². The van der Waals surface area contributed by atoms with Crippen molar-refractivity contribution in [2.24, 2.45) is 17.3 Å². The summed E-state index contributed by atoms with van der Waals surface area (Å²) in [6.07, 6.45) is 6.22. The number of rotatable bonds is 5. The van der Waals surface area contributed by atoms with Crippen LogP contribution in [-0.4, -0.2) is 24.1 Å². The number of hydrogen-bond donors (Lipinski definition) is 0. The Morgan fingerprint density at radius 2 is 1.82 bits per heavy atom. The molecule has 4 nitrogen and oxygen atoms in total. The van der Waals surface area contributed by atoms with Gasteiger partial charge in [0.2, 0.25) is 0 Å². The molecule has 0 aliphatic heterocycles. The number of ether oxygens (including phenoxy) is 2. The van der Waals surface area contributed by atoms with E-state index in [-0.39, 0.29) is 11.9 Å². The van der Waals surface area contributed by atoms with Crippen molar-refractivity contribution in [2.75, 3.05) is 6.61 Å². The van der Waals surface area contributed by atoms with Gasteiger partial charge < -0.3 is 9.47 Å². The van der Waals surface area contributed by atoms with Gasteiger partial charge in [0.15, 0.2) is 0 Å². The van der Waals surface area contributed by atoms with E-state index in [2.05, 4.69) is 6.58 Å². The summed E-state index contributed by atoms with van der Waals surface area (Å²) in [7, 11) is 0. The van der Waals surface area contributed by atoms with Crippen LogP contribution in [0.4, 0.5) is 0 Å². The quantitative estimate of drug-likeness (QED) is 0.577. The van der Waals surface area contributed by atoms with E-state index < -0.39 is 11.0 Å². The minimum absolute atomic E-state index is 0.0702. The molecule has 4 saturated carbocycles. The number of carbonyl (C=O) groups is 2. The fraction of sp³-hybridized carbons (Fsp3) is 0.778. The molecule has 0 amide bonds. The van der Waals surface area contributed by atoms with Crippen LogP contribution >= 0.6 is 0 Å². The third-order valence-corrected chi connectivity index (χ3v) is 5.54. The first-order valence-corrected chi connectivity index (χ1v) is 8.44. The fourth-order valence-corrected chi connectivity index (χ4v) is 5.17. The lowest BCUT2D eigenvalue weighted by molar-refractivity contribution is -0.210. The summed E-state index contributed by atoms with van der Waals surface area (Å²) in [5, 5.41) is 0. The molecule has 122 valence electrons. The van der Waals surface area contributed by atoms with E-state index in [1.165, 1.54) is 0 Å². The van der Waals surface area contributed by atoms with E-state index in [1.807, 2.05) is 6.92 Å². The first kappa shape index (κ1) is 15.6. The SMILES string of the molecule is C=C(C)C(=O)OC12CC3CC(C1)CC(C(=O)OCCC)(C3)C2. The summed E-state index contributed by atoms with van der Waals surface area (Å²) in [4.78, 5) is 24.7. The summed E-state index contributed by atoms with van der Waals surface area (Å²) in [6.45, 7) is 7.84. The van der Waals surface area contributed by atoms with Crippen LogP contribution in [0.3, 0.4) is 0 Å². The third-order valence-electron chi connectivity index (χ3n) is 5.54. The van der Waals surface area contributed by atoms with E-state index in [4.69, 9.17) is 9.47 Å². The Balaban J connectivity index is 1.82. The number of esters is 2. The molecule has 4 aliphatic carbocycles. The van der Waals surface area contributed by atoms with Crippen molar-refractivity contribution in [3.63, 3.8) is 0 Å². The lowest BCUT2D eigenvalue weighted by atomic mass is 9.48. The predicted molar refractivity (Wildman–Crippen MR) is 82.0 cm³/mol. The van der Waals surface area contributed by atoms with Gasteiger partial charge in [0.05, 0.1) is 12.0 Å². The van der Waals surface area contributed by atoms with Crippen molar-refractivity contribution in [1.29, 1.82) is 0 Å². The number of carbonyl (C=O) groups excluding carboxylic acids is 2. The Labute approximate surface area is 132 Å².